The second kappa shape index (κ2) is 5.05. The molecular weight excluding hydrogens is 301 g/mol. The van der Waals surface area contributed by atoms with Gasteiger partial charge in [0.15, 0.2) is 11.5 Å². The number of hydrogen-bond acceptors (Lipinski definition) is 3. The summed E-state index contributed by atoms with van der Waals surface area (Å²) in [5, 5.41) is 3.35. The molecule has 2 aliphatic rings. The summed E-state index contributed by atoms with van der Waals surface area (Å²) < 4.78 is 25.3. The molecule has 0 amide bonds. The molecule has 1 aromatic carbocycles. The Bertz CT molecular complexity index is 461. The van der Waals surface area contributed by atoms with E-state index >= 15 is 0 Å². The van der Waals surface area contributed by atoms with E-state index in [-0.39, 0.29) is 12.6 Å². The van der Waals surface area contributed by atoms with Crippen molar-refractivity contribution in [3.05, 3.63) is 21.9 Å². The van der Waals surface area contributed by atoms with Crippen molar-refractivity contribution in [2.45, 2.75) is 19.3 Å². The van der Waals surface area contributed by atoms with Gasteiger partial charge in [0, 0.05) is 11.6 Å². The summed E-state index contributed by atoms with van der Waals surface area (Å²) in [6.45, 7) is 2.20. The maximum atomic E-state index is 14.1. The number of benzene rings is 1. The minimum Gasteiger partial charge on any atom is -0.453 e. The first kappa shape index (κ1) is 12.2. The van der Waals surface area contributed by atoms with Gasteiger partial charge in [-0.3, -0.25) is 0 Å². The first-order chi connectivity index (χ1) is 8.75. The second-order valence-electron chi connectivity index (χ2n) is 4.80. The normalized spacial score (nSPS) is 22.2. The number of fused-ring (bicyclic) bond motifs is 1. The van der Waals surface area contributed by atoms with E-state index < -0.39 is 0 Å². The monoisotopic (exact) mass is 315 g/mol. The van der Waals surface area contributed by atoms with Crippen LogP contribution in [0.15, 0.2) is 10.5 Å². The summed E-state index contributed by atoms with van der Waals surface area (Å²) in [6, 6.07) is 1.43. The Morgan fingerprint density at radius 1 is 1.44 bits per heavy atom. The number of halogens is 2. The molecule has 1 unspecified atom stereocenters. The summed E-state index contributed by atoms with van der Waals surface area (Å²) in [6.07, 6.45) is 3.04. The topological polar surface area (TPSA) is 30.5 Å². The SMILES string of the molecule is Fc1cc2c(c(Br)c1CC1CCCNC1)OCO2. The molecular formula is C13H15BrFNO2. The maximum absolute atomic E-state index is 14.1. The maximum Gasteiger partial charge on any atom is 0.231 e. The van der Waals surface area contributed by atoms with Crippen LogP contribution in [0, 0.1) is 11.7 Å². The highest BCUT2D eigenvalue weighted by molar-refractivity contribution is 9.10. The van der Waals surface area contributed by atoms with Gasteiger partial charge < -0.3 is 14.8 Å². The van der Waals surface area contributed by atoms with Crippen LogP contribution < -0.4 is 14.8 Å². The lowest BCUT2D eigenvalue weighted by atomic mass is 9.92. The number of rotatable bonds is 2. The van der Waals surface area contributed by atoms with Crippen LogP contribution in [0.5, 0.6) is 11.5 Å². The Kier molecular flexibility index (Phi) is 3.43. The van der Waals surface area contributed by atoms with Crippen molar-refractivity contribution >= 4 is 15.9 Å². The lowest BCUT2D eigenvalue weighted by molar-refractivity contribution is 0.173. The molecule has 3 rings (SSSR count). The van der Waals surface area contributed by atoms with E-state index in [1.165, 1.54) is 6.07 Å². The van der Waals surface area contributed by atoms with E-state index in [9.17, 15) is 4.39 Å². The van der Waals surface area contributed by atoms with Gasteiger partial charge in [0.1, 0.15) is 5.82 Å². The van der Waals surface area contributed by atoms with Crippen molar-refractivity contribution in [2.24, 2.45) is 5.92 Å². The predicted octanol–water partition coefficient (Wildman–Crippen LogP) is 2.86. The molecule has 0 radical (unpaired) electrons. The van der Waals surface area contributed by atoms with E-state index in [4.69, 9.17) is 9.47 Å². The summed E-state index contributed by atoms with van der Waals surface area (Å²) in [7, 11) is 0. The lowest BCUT2D eigenvalue weighted by Gasteiger charge is -2.23. The predicted molar refractivity (Wildman–Crippen MR) is 69.5 cm³/mol. The van der Waals surface area contributed by atoms with Gasteiger partial charge in [-0.15, -0.1) is 0 Å². The Labute approximate surface area is 114 Å². The van der Waals surface area contributed by atoms with Crippen molar-refractivity contribution in [2.75, 3.05) is 19.9 Å². The molecule has 1 fully saturated rings. The van der Waals surface area contributed by atoms with Gasteiger partial charge >= 0.3 is 0 Å². The van der Waals surface area contributed by atoms with Crippen LogP contribution in [-0.2, 0) is 6.42 Å². The third kappa shape index (κ3) is 2.21. The average molecular weight is 316 g/mol. The zero-order valence-corrected chi connectivity index (χ0v) is 11.6. The zero-order chi connectivity index (χ0) is 12.5. The van der Waals surface area contributed by atoms with Crippen LogP contribution in [0.1, 0.15) is 18.4 Å². The quantitative estimate of drug-likeness (QED) is 0.910. The number of nitrogens with one attached hydrogen (secondary N) is 1. The fourth-order valence-electron chi connectivity index (χ4n) is 2.59. The van der Waals surface area contributed by atoms with Crippen LogP contribution in [0.3, 0.4) is 0 Å². The molecule has 18 heavy (non-hydrogen) atoms. The highest BCUT2D eigenvalue weighted by atomic mass is 79.9. The smallest absolute Gasteiger partial charge is 0.231 e. The Balaban J connectivity index is 1.87. The van der Waals surface area contributed by atoms with Crippen molar-refractivity contribution < 1.29 is 13.9 Å². The molecule has 98 valence electrons. The van der Waals surface area contributed by atoms with E-state index in [0.29, 0.717) is 27.5 Å². The highest BCUT2D eigenvalue weighted by Crippen LogP contribution is 2.43. The first-order valence-electron chi connectivity index (χ1n) is 6.23. The third-order valence-corrected chi connectivity index (χ3v) is 4.38. The van der Waals surface area contributed by atoms with Gasteiger partial charge in [0.05, 0.1) is 4.47 Å². The third-order valence-electron chi connectivity index (χ3n) is 3.54. The molecule has 0 saturated carbocycles. The van der Waals surface area contributed by atoms with Gasteiger partial charge in [-0.25, -0.2) is 4.39 Å². The first-order valence-corrected chi connectivity index (χ1v) is 7.02. The van der Waals surface area contributed by atoms with Gasteiger partial charge in [-0.1, -0.05) is 0 Å². The van der Waals surface area contributed by atoms with E-state index in [2.05, 4.69) is 21.2 Å². The summed E-state index contributed by atoms with van der Waals surface area (Å²) in [5.74, 6) is 1.40. The van der Waals surface area contributed by atoms with Crippen LogP contribution in [-0.4, -0.2) is 19.9 Å². The fraction of sp³-hybridized carbons (Fsp3) is 0.538. The molecule has 2 heterocycles. The summed E-state index contributed by atoms with van der Waals surface area (Å²) in [5.41, 5.74) is 0.702. The molecule has 1 N–H and O–H groups in total. The van der Waals surface area contributed by atoms with Crippen LogP contribution in [0.4, 0.5) is 4.39 Å². The Morgan fingerprint density at radius 2 is 2.33 bits per heavy atom. The number of piperidine rings is 1. The largest absolute Gasteiger partial charge is 0.453 e. The van der Waals surface area contributed by atoms with Gasteiger partial charge in [-0.2, -0.15) is 0 Å². The van der Waals surface area contributed by atoms with E-state index in [1.807, 2.05) is 0 Å². The Morgan fingerprint density at radius 3 is 3.11 bits per heavy atom. The Hall–Kier alpha value is -0.810. The minimum atomic E-state index is -0.211. The van der Waals surface area contributed by atoms with Crippen molar-refractivity contribution in [3.8, 4) is 11.5 Å². The van der Waals surface area contributed by atoms with Crippen molar-refractivity contribution in [3.63, 3.8) is 0 Å². The average Bonchev–Trinajstić information content (AvgIpc) is 2.84. The molecule has 0 aromatic heterocycles. The molecule has 1 atom stereocenters. The van der Waals surface area contributed by atoms with Gasteiger partial charge in [0.2, 0.25) is 6.79 Å². The van der Waals surface area contributed by atoms with Gasteiger partial charge in [-0.05, 0) is 54.2 Å². The van der Waals surface area contributed by atoms with Crippen LogP contribution >= 0.6 is 15.9 Å². The minimum absolute atomic E-state index is 0.168. The molecule has 3 nitrogen and oxygen atoms in total. The van der Waals surface area contributed by atoms with Crippen LogP contribution in [0.25, 0.3) is 0 Å². The molecule has 5 heteroatoms. The standard InChI is InChI=1S/C13H15BrFNO2/c14-12-9(4-8-2-1-3-16-6-8)10(15)5-11-13(12)18-7-17-11/h5,8,16H,1-4,6-7H2. The van der Waals surface area contributed by atoms with Crippen molar-refractivity contribution in [1.29, 1.82) is 0 Å². The van der Waals surface area contributed by atoms with Crippen LogP contribution in [0.2, 0.25) is 0 Å². The lowest BCUT2D eigenvalue weighted by Crippen LogP contribution is -2.31. The number of ether oxygens (including phenoxy) is 2. The highest BCUT2D eigenvalue weighted by Gasteiger charge is 2.25. The fourth-order valence-corrected chi connectivity index (χ4v) is 3.25. The molecule has 0 bridgehead atoms. The zero-order valence-electron chi connectivity index (χ0n) is 9.97. The summed E-state index contributed by atoms with van der Waals surface area (Å²) in [4.78, 5) is 0. The molecule has 1 aromatic rings. The molecule has 0 spiro atoms. The second-order valence-corrected chi connectivity index (χ2v) is 5.59. The van der Waals surface area contributed by atoms with E-state index in [1.54, 1.807) is 0 Å². The molecule has 0 aliphatic carbocycles. The van der Waals surface area contributed by atoms with Gasteiger partial charge in [0.25, 0.3) is 0 Å². The molecule has 1 saturated heterocycles. The van der Waals surface area contributed by atoms with E-state index in [0.717, 1.165) is 32.4 Å². The molecule has 2 aliphatic heterocycles. The summed E-state index contributed by atoms with van der Waals surface area (Å²) >= 11 is 3.44. The number of hydrogen-bond donors (Lipinski definition) is 1. The van der Waals surface area contributed by atoms with Crippen molar-refractivity contribution in [1.82, 2.24) is 5.32 Å².